The molecule has 1 aliphatic rings. The highest BCUT2D eigenvalue weighted by Gasteiger charge is 2.48. The average Bonchev–Trinajstić information content (AvgIpc) is 2.79. The van der Waals surface area contributed by atoms with Crippen molar-refractivity contribution in [2.75, 3.05) is 11.9 Å². The Morgan fingerprint density at radius 3 is 3.00 bits per heavy atom. The van der Waals surface area contributed by atoms with Gasteiger partial charge in [0.2, 0.25) is 5.91 Å². The number of carbonyl (C=O) groups is 1. The fourth-order valence-corrected chi connectivity index (χ4v) is 1.26. The van der Waals surface area contributed by atoms with E-state index in [4.69, 9.17) is 5.73 Å². The number of nitrogens with two attached hydrogens (primary N) is 1. The molecule has 5 heteroatoms. The highest BCUT2D eigenvalue weighted by Crippen LogP contribution is 2.45. The molecule has 0 saturated heterocycles. The lowest BCUT2D eigenvalue weighted by Crippen LogP contribution is -2.30. The number of hydrogen-bond donors (Lipinski definition) is 3. The Hall–Kier alpha value is -1.36. The van der Waals surface area contributed by atoms with E-state index >= 15 is 0 Å². The van der Waals surface area contributed by atoms with Gasteiger partial charge in [-0.15, -0.1) is 0 Å². The third kappa shape index (κ3) is 1.42. The monoisotopic (exact) mass is 180 g/mol. The van der Waals surface area contributed by atoms with Crippen molar-refractivity contribution in [3.8, 4) is 0 Å². The predicted octanol–water partition coefficient (Wildman–Crippen LogP) is 0.0871. The van der Waals surface area contributed by atoms with Crippen LogP contribution in [0.25, 0.3) is 0 Å². The number of H-pyrrole nitrogens is 1. The van der Waals surface area contributed by atoms with Crippen molar-refractivity contribution in [1.29, 1.82) is 0 Å². The summed E-state index contributed by atoms with van der Waals surface area (Å²) in [5.74, 6) is 0.0106. The van der Waals surface area contributed by atoms with Gasteiger partial charge in [-0.1, -0.05) is 0 Å². The number of hydrogen-bond acceptors (Lipinski definition) is 3. The Bertz CT molecular complexity index is 302. The second-order valence-electron chi connectivity index (χ2n) is 3.43. The first kappa shape index (κ1) is 8.25. The summed E-state index contributed by atoms with van der Waals surface area (Å²) in [4.78, 5) is 11.6. The van der Waals surface area contributed by atoms with Gasteiger partial charge < -0.3 is 11.1 Å². The normalized spacial score (nSPS) is 18.2. The Kier molecular flexibility index (Phi) is 1.81. The van der Waals surface area contributed by atoms with Gasteiger partial charge in [0, 0.05) is 12.7 Å². The van der Waals surface area contributed by atoms with Gasteiger partial charge in [0.1, 0.15) is 0 Å². The van der Waals surface area contributed by atoms with E-state index in [2.05, 4.69) is 15.5 Å². The predicted molar refractivity (Wildman–Crippen MR) is 47.9 cm³/mol. The van der Waals surface area contributed by atoms with Crippen LogP contribution in [0.1, 0.15) is 12.8 Å². The summed E-state index contributed by atoms with van der Waals surface area (Å²) in [6.07, 6.45) is 5.01. The largest absolute Gasteiger partial charge is 0.329 e. The van der Waals surface area contributed by atoms with Crippen molar-refractivity contribution in [3.63, 3.8) is 0 Å². The number of anilines is 1. The molecule has 0 aliphatic heterocycles. The van der Waals surface area contributed by atoms with Crippen LogP contribution in [0.2, 0.25) is 0 Å². The highest BCUT2D eigenvalue weighted by atomic mass is 16.2. The number of carbonyl (C=O) groups excluding carboxylic acids is 1. The molecule has 2 rings (SSSR count). The second-order valence-corrected chi connectivity index (χ2v) is 3.43. The van der Waals surface area contributed by atoms with Gasteiger partial charge in [0.15, 0.2) is 0 Å². The van der Waals surface area contributed by atoms with Gasteiger partial charge in [-0.3, -0.25) is 9.89 Å². The molecule has 70 valence electrons. The molecule has 1 aromatic heterocycles. The molecular weight excluding hydrogens is 168 g/mol. The summed E-state index contributed by atoms with van der Waals surface area (Å²) < 4.78 is 0. The summed E-state index contributed by atoms with van der Waals surface area (Å²) in [5.41, 5.74) is 5.92. The molecule has 0 radical (unpaired) electrons. The maximum atomic E-state index is 11.6. The van der Waals surface area contributed by atoms with Crippen LogP contribution in [0.3, 0.4) is 0 Å². The first-order chi connectivity index (χ1) is 6.27. The topological polar surface area (TPSA) is 83.8 Å². The molecule has 0 bridgehead atoms. The zero-order chi connectivity index (χ0) is 9.31. The van der Waals surface area contributed by atoms with E-state index in [0.717, 1.165) is 12.8 Å². The molecule has 0 spiro atoms. The van der Waals surface area contributed by atoms with Gasteiger partial charge >= 0.3 is 0 Å². The van der Waals surface area contributed by atoms with E-state index in [1.165, 1.54) is 0 Å². The number of nitrogens with zero attached hydrogens (tertiary/aromatic N) is 1. The van der Waals surface area contributed by atoms with Crippen LogP contribution in [-0.2, 0) is 4.79 Å². The Morgan fingerprint density at radius 2 is 2.54 bits per heavy atom. The van der Waals surface area contributed by atoms with E-state index in [0.29, 0.717) is 12.2 Å². The number of rotatable bonds is 3. The van der Waals surface area contributed by atoms with Crippen LogP contribution in [0.5, 0.6) is 0 Å². The minimum Gasteiger partial charge on any atom is -0.329 e. The minimum absolute atomic E-state index is 0.0106. The fourth-order valence-electron chi connectivity index (χ4n) is 1.26. The summed E-state index contributed by atoms with van der Waals surface area (Å²) in [7, 11) is 0. The Balaban J connectivity index is 2.00. The molecule has 0 atom stereocenters. The summed E-state index contributed by atoms with van der Waals surface area (Å²) in [6, 6.07) is 0. The van der Waals surface area contributed by atoms with Crippen molar-refractivity contribution < 1.29 is 4.79 Å². The van der Waals surface area contributed by atoms with Crippen molar-refractivity contribution in [3.05, 3.63) is 12.4 Å². The molecule has 1 amide bonds. The van der Waals surface area contributed by atoms with Gasteiger partial charge in [-0.25, -0.2) is 0 Å². The standard InChI is InChI=1S/C8H12N4O/c9-5-8(1-2-8)7(13)12-6-3-10-11-4-6/h3-4H,1-2,5,9H2,(H,10,11)(H,12,13). The SMILES string of the molecule is NCC1(C(=O)Nc2cn[nH]c2)CC1. The van der Waals surface area contributed by atoms with Crippen LogP contribution in [0, 0.1) is 5.41 Å². The fraction of sp³-hybridized carbons (Fsp3) is 0.500. The molecular formula is C8H12N4O. The molecule has 1 saturated carbocycles. The lowest BCUT2D eigenvalue weighted by atomic mass is 10.1. The number of aromatic nitrogens is 2. The van der Waals surface area contributed by atoms with E-state index < -0.39 is 0 Å². The lowest BCUT2D eigenvalue weighted by molar-refractivity contribution is -0.120. The molecule has 0 aromatic carbocycles. The zero-order valence-electron chi connectivity index (χ0n) is 7.21. The van der Waals surface area contributed by atoms with Crippen molar-refractivity contribution >= 4 is 11.6 Å². The van der Waals surface area contributed by atoms with E-state index in [-0.39, 0.29) is 11.3 Å². The molecule has 0 unspecified atom stereocenters. The first-order valence-electron chi connectivity index (χ1n) is 4.27. The van der Waals surface area contributed by atoms with Crippen molar-refractivity contribution in [2.45, 2.75) is 12.8 Å². The number of nitrogens with one attached hydrogen (secondary N) is 2. The average molecular weight is 180 g/mol. The first-order valence-corrected chi connectivity index (χ1v) is 4.27. The number of aromatic amines is 1. The molecule has 1 aliphatic carbocycles. The van der Waals surface area contributed by atoms with Gasteiger partial charge in [-0.05, 0) is 12.8 Å². The van der Waals surface area contributed by atoms with Crippen LogP contribution in [-0.4, -0.2) is 22.6 Å². The zero-order valence-corrected chi connectivity index (χ0v) is 7.21. The molecule has 13 heavy (non-hydrogen) atoms. The van der Waals surface area contributed by atoms with Gasteiger partial charge in [0.25, 0.3) is 0 Å². The minimum atomic E-state index is -0.294. The van der Waals surface area contributed by atoms with Gasteiger partial charge in [0.05, 0.1) is 17.3 Å². The maximum absolute atomic E-state index is 11.6. The second kappa shape index (κ2) is 2.85. The Morgan fingerprint density at radius 1 is 1.77 bits per heavy atom. The number of amides is 1. The molecule has 4 N–H and O–H groups in total. The maximum Gasteiger partial charge on any atom is 0.231 e. The van der Waals surface area contributed by atoms with Crippen LogP contribution >= 0.6 is 0 Å². The highest BCUT2D eigenvalue weighted by molar-refractivity contribution is 5.97. The quantitative estimate of drug-likeness (QED) is 0.616. The van der Waals surface area contributed by atoms with Crippen molar-refractivity contribution in [1.82, 2.24) is 10.2 Å². The van der Waals surface area contributed by atoms with Gasteiger partial charge in [-0.2, -0.15) is 5.10 Å². The molecule has 1 fully saturated rings. The molecule has 1 heterocycles. The van der Waals surface area contributed by atoms with Crippen LogP contribution < -0.4 is 11.1 Å². The summed E-state index contributed by atoms with van der Waals surface area (Å²) >= 11 is 0. The third-order valence-electron chi connectivity index (χ3n) is 2.48. The van der Waals surface area contributed by atoms with Crippen LogP contribution in [0.4, 0.5) is 5.69 Å². The van der Waals surface area contributed by atoms with E-state index in [9.17, 15) is 4.79 Å². The van der Waals surface area contributed by atoms with Crippen molar-refractivity contribution in [2.24, 2.45) is 11.1 Å². The molecule has 1 aromatic rings. The van der Waals surface area contributed by atoms with Crippen LogP contribution in [0.15, 0.2) is 12.4 Å². The summed E-state index contributed by atoms with van der Waals surface area (Å²) in [6.45, 7) is 0.427. The van der Waals surface area contributed by atoms with E-state index in [1.54, 1.807) is 12.4 Å². The Labute approximate surface area is 75.7 Å². The lowest BCUT2D eigenvalue weighted by Gasteiger charge is -2.10. The third-order valence-corrected chi connectivity index (χ3v) is 2.48. The molecule has 5 nitrogen and oxygen atoms in total. The smallest absolute Gasteiger partial charge is 0.231 e. The van der Waals surface area contributed by atoms with E-state index in [1.807, 2.05) is 0 Å². The summed E-state index contributed by atoms with van der Waals surface area (Å²) in [5, 5.41) is 9.12.